The molecule has 2 fully saturated rings. The summed E-state index contributed by atoms with van der Waals surface area (Å²) in [5, 5.41) is 3.69. The molecule has 2 saturated heterocycles. The van der Waals surface area contributed by atoms with Crippen molar-refractivity contribution >= 4 is 81.5 Å². The molecule has 7 rings (SSSR count). The number of amides is 3. The van der Waals surface area contributed by atoms with Crippen molar-refractivity contribution in [2.45, 2.75) is 13.3 Å². The maximum atomic E-state index is 12.5. The predicted molar refractivity (Wildman–Crippen MR) is 256 cm³/mol. The van der Waals surface area contributed by atoms with E-state index in [9.17, 15) is 14.4 Å². The highest BCUT2D eigenvalue weighted by Crippen LogP contribution is 2.39. The van der Waals surface area contributed by atoms with Crippen LogP contribution in [0.3, 0.4) is 0 Å². The van der Waals surface area contributed by atoms with Gasteiger partial charge >= 0.3 is 6.09 Å². The van der Waals surface area contributed by atoms with Gasteiger partial charge in [0.25, 0.3) is 0 Å². The number of rotatable bonds is 13. The lowest BCUT2D eigenvalue weighted by atomic mass is 10.2. The number of nitrogens with zero attached hydrogens (tertiary/aromatic N) is 5. The number of nitrogens with one attached hydrogen (secondary N) is 1. The first-order valence-corrected chi connectivity index (χ1v) is 22.2. The van der Waals surface area contributed by atoms with E-state index in [1.54, 1.807) is 72.9 Å². The Labute approximate surface area is 402 Å². The molecule has 352 valence electrons. The number of hydrogen-bond donors (Lipinski definition) is 4. The molecule has 2 aromatic heterocycles. The second-order valence-corrected chi connectivity index (χ2v) is 15.9. The number of aromatic nitrogens is 2. The molecule has 66 heavy (non-hydrogen) atoms. The standard InChI is InChI=1S/C20H15Cl2N3O4.C19H22Cl2N4O3.C6H14N2O/c1-12(26)25(20(27)29-13-5-3-2-4-6-13)17-11-14(9-10-24-17)28-16-8-7-15(23)18(21)19(16)22;20-18-15(22)1-2-16(19(18)21)28-14-3-4-23-13(11-14)12-17(26)24-5-6-25-7-9-27-10-8-25;7-1-2-8-3-5-9-6-4-8/h2-11H,23H2,1H3;1-4,11H,5-10,12,22H2,(H,24,26);1-7H2. The lowest BCUT2D eigenvalue weighted by molar-refractivity contribution is -0.120. The number of halogens is 4. The van der Waals surface area contributed by atoms with E-state index in [1.807, 2.05) is 0 Å². The first kappa shape index (κ1) is 51.5. The zero-order chi connectivity index (χ0) is 47.4. The number of carbonyl (C=O) groups is 3. The number of anilines is 3. The Hall–Kier alpha value is -5.47. The SMILES string of the molecule is CC(=O)N(C(=O)Oc1ccccc1)c1cc(Oc2ccc(N)c(Cl)c2Cl)ccn1.NCCN1CCOCC1.Nc1ccc(Oc2ccnc(CC(=O)NCCN3CCOCC3)c2)c(Cl)c1Cl. The third-order valence-corrected chi connectivity index (χ3v) is 11.3. The number of pyridine rings is 2. The van der Waals surface area contributed by atoms with Crippen LogP contribution in [0.25, 0.3) is 0 Å². The van der Waals surface area contributed by atoms with Crippen molar-refractivity contribution in [3.05, 3.63) is 117 Å². The van der Waals surface area contributed by atoms with E-state index in [-0.39, 0.29) is 49.7 Å². The van der Waals surface area contributed by atoms with E-state index in [0.29, 0.717) is 40.9 Å². The smallest absolute Gasteiger partial charge is 0.427 e. The van der Waals surface area contributed by atoms with Crippen LogP contribution in [0.4, 0.5) is 22.0 Å². The molecule has 3 aromatic carbocycles. The molecular formula is C45H51Cl4N9O8. The van der Waals surface area contributed by atoms with Gasteiger partial charge in [0, 0.05) is 83.8 Å². The highest BCUT2D eigenvalue weighted by atomic mass is 35.5. The van der Waals surface area contributed by atoms with E-state index < -0.39 is 12.0 Å². The van der Waals surface area contributed by atoms with Crippen molar-refractivity contribution in [2.24, 2.45) is 5.73 Å². The number of ether oxygens (including phenoxy) is 5. The molecule has 4 heterocycles. The molecule has 2 aliphatic rings. The van der Waals surface area contributed by atoms with Crippen LogP contribution in [0.5, 0.6) is 28.7 Å². The Kier molecular flexibility index (Phi) is 20.8. The fourth-order valence-corrected chi connectivity index (χ4v) is 6.87. The van der Waals surface area contributed by atoms with Crippen molar-refractivity contribution in [1.82, 2.24) is 25.1 Å². The van der Waals surface area contributed by atoms with Gasteiger partial charge in [-0.3, -0.25) is 24.4 Å². The molecule has 0 aliphatic carbocycles. The monoisotopic (exact) mass is 985 g/mol. The van der Waals surface area contributed by atoms with Crippen LogP contribution >= 0.6 is 46.4 Å². The maximum absolute atomic E-state index is 12.5. The molecule has 7 N–H and O–H groups in total. The van der Waals surface area contributed by atoms with Gasteiger partial charge in [-0.25, -0.2) is 9.78 Å². The summed E-state index contributed by atoms with van der Waals surface area (Å²) in [5.41, 5.74) is 18.1. The molecular weight excluding hydrogens is 936 g/mol. The van der Waals surface area contributed by atoms with Crippen LogP contribution in [-0.2, 0) is 25.5 Å². The first-order valence-electron chi connectivity index (χ1n) is 20.7. The van der Waals surface area contributed by atoms with Gasteiger partial charge in [0.2, 0.25) is 11.8 Å². The van der Waals surface area contributed by atoms with Gasteiger partial charge in [-0.2, -0.15) is 4.90 Å². The van der Waals surface area contributed by atoms with Gasteiger partial charge < -0.3 is 46.2 Å². The number of imide groups is 1. The second-order valence-electron chi connectivity index (χ2n) is 14.4. The van der Waals surface area contributed by atoms with Crippen molar-refractivity contribution in [3.8, 4) is 28.7 Å². The quantitative estimate of drug-likeness (QED) is 0.0847. The maximum Gasteiger partial charge on any atom is 0.427 e. The number of carbonyl (C=O) groups excluding carboxylic acids is 3. The minimum Gasteiger partial charge on any atom is -0.456 e. The van der Waals surface area contributed by atoms with E-state index >= 15 is 0 Å². The summed E-state index contributed by atoms with van der Waals surface area (Å²) in [6.07, 6.45) is 2.22. The third kappa shape index (κ3) is 16.1. The highest BCUT2D eigenvalue weighted by molar-refractivity contribution is 6.45. The first-order chi connectivity index (χ1) is 31.8. The predicted octanol–water partition coefficient (Wildman–Crippen LogP) is 7.35. The number of nitrogen functional groups attached to an aromatic ring is 2. The lowest BCUT2D eigenvalue weighted by Gasteiger charge is -2.26. The molecule has 0 spiro atoms. The summed E-state index contributed by atoms with van der Waals surface area (Å²) in [4.78, 5) is 50.4. The largest absolute Gasteiger partial charge is 0.456 e. The van der Waals surface area contributed by atoms with Crippen LogP contribution in [-0.4, -0.2) is 116 Å². The Morgan fingerprint density at radius 1 is 0.697 bits per heavy atom. The number of para-hydroxylation sites is 1. The van der Waals surface area contributed by atoms with Crippen LogP contribution in [0.1, 0.15) is 12.6 Å². The summed E-state index contributed by atoms with van der Waals surface area (Å²) in [6, 6.07) is 21.0. The third-order valence-electron chi connectivity index (χ3n) is 9.53. The lowest BCUT2D eigenvalue weighted by Crippen LogP contribution is -2.41. The molecule has 2 aliphatic heterocycles. The van der Waals surface area contributed by atoms with E-state index in [4.69, 9.17) is 87.3 Å². The average Bonchev–Trinajstić information content (AvgIpc) is 3.31. The number of hydrogen-bond acceptors (Lipinski definition) is 15. The van der Waals surface area contributed by atoms with Crippen LogP contribution in [0, 0.1) is 0 Å². The number of nitrogens with two attached hydrogens (primary N) is 3. The molecule has 3 amide bonds. The van der Waals surface area contributed by atoms with Crippen molar-refractivity contribution in [1.29, 1.82) is 0 Å². The topological polar surface area (TPSA) is 223 Å². The van der Waals surface area contributed by atoms with Crippen LogP contribution < -0.4 is 41.6 Å². The van der Waals surface area contributed by atoms with Gasteiger partial charge in [0.1, 0.15) is 44.6 Å². The normalized spacial score (nSPS) is 13.8. The molecule has 17 nitrogen and oxygen atoms in total. The molecule has 0 saturated carbocycles. The van der Waals surface area contributed by atoms with Gasteiger partial charge in [-0.15, -0.1) is 0 Å². The second kappa shape index (κ2) is 26.6. The van der Waals surface area contributed by atoms with E-state index in [1.165, 1.54) is 25.3 Å². The van der Waals surface area contributed by atoms with Crippen LogP contribution in [0.2, 0.25) is 20.1 Å². The summed E-state index contributed by atoms with van der Waals surface area (Å²) >= 11 is 24.4. The number of morpholine rings is 2. The Morgan fingerprint density at radius 2 is 1.23 bits per heavy atom. The van der Waals surface area contributed by atoms with Crippen molar-refractivity contribution < 1.29 is 38.1 Å². The molecule has 0 unspecified atom stereocenters. The summed E-state index contributed by atoms with van der Waals surface area (Å²) < 4.78 is 27.2. The summed E-state index contributed by atoms with van der Waals surface area (Å²) in [5.74, 6) is 1.06. The zero-order valence-corrected chi connectivity index (χ0v) is 39.1. The van der Waals surface area contributed by atoms with Gasteiger partial charge in [-0.1, -0.05) is 64.6 Å². The number of benzene rings is 3. The van der Waals surface area contributed by atoms with Gasteiger partial charge in [0.15, 0.2) is 0 Å². The minimum atomic E-state index is -0.901. The Morgan fingerprint density at radius 3 is 1.77 bits per heavy atom. The van der Waals surface area contributed by atoms with Crippen molar-refractivity contribution in [3.63, 3.8) is 0 Å². The minimum absolute atomic E-state index is 0.0218. The van der Waals surface area contributed by atoms with Crippen LogP contribution in [0.15, 0.2) is 91.3 Å². The Bertz CT molecular complexity index is 2370. The molecule has 5 aromatic rings. The average molecular weight is 988 g/mol. The van der Waals surface area contributed by atoms with Gasteiger partial charge in [-0.05, 0) is 48.5 Å². The molecule has 0 bridgehead atoms. The summed E-state index contributed by atoms with van der Waals surface area (Å²) in [6.45, 7) is 11.5. The molecule has 0 atom stereocenters. The van der Waals surface area contributed by atoms with E-state index in [0.717, 1.165) is 77.1 Å². The fraction of sp³-hybridized carbons (Fsp3) is 0.311. The molecule has 21 heteroatoms. The Balaban J connectivity index is 0.000000208. The zero-order valence-electron chi connectivity index (χ0n) is 36.1. The van der Waals surface area contributed by atoms with Crippen molar-refractivity contribution in [2.75, 3.05) is 95.2 Å². The molecule has 0 radical (unpaired) electrons. The summed E-state index contributed by atoms with van der Waals surface area (Å²) in [7, 11) is 0. The highest BCUT2D eigenvalue weighted by Gasteiger charge is 2.25. The van der Waals surface area contributed by atoms with Gasteiger partial charge in [0.05, 0.1) is 60.0 Å². The van der Waals surface area contributed by atoms with E-state index in [2.05, 4.69) is 25.1 Å². The fourth-order valence-electron chi connectivity index (χ4n) is 6.14.